The van der Waals surface area contributed by atoms with E-state index in [1.165, 1.54) is 10.7 Å². The zero-order valence-electron chi connectivity index (χ0n) is 11.6. The van der Waals surface area contributed by atoms with E-state index in [0.717, 1.165) is 11.3 Å². The smallest absolute Gasteiger partial charge is 0.269 e. The van der Waals surface area contributed by atoms with E-state index >= 15 is 0 Å². The van der Waals surface area contributed by atoms with Gasteiger partial charge >= 0.3 is 0 Å². The Hall–Kier alpha value is -2.43. The lowest BCUT2D eigenvalue weighted by Gasteiger charge is -2.12. The average molecular weight is 271 g/mol. The normalized spacial score (nSPS) is 10.3. The minimum absolute atomic E-state index is 0.00142. The molecule has 0 N–H and O–H groups in total. The molecule has 2 aromatic rings. The van der Waals surface area contributed by atoms with Gasteiger partial charge in [0, 0.05) is 26.6 Å². The molecule has 1 heterocycles. The first-order chi connectivity index (χ1) is 9.56. The van der Waals surface area contributed by atoms with Crippen LogP contribution in [0.1, 0.15) is 5.56 Å². The number of rotatable bonds is 5. The van der Waals surface area contributed by atoms with Crippen LogP contribution in [-0.2, 0) is 17.8 Å². The number of anilines is 1. The largest absolute Gasteiger partial charge is 0.376 e. The minimum atomic E-state index is -0.266. The number of aromatic nitrogens is 2. The van der Waals surface area contributed by atoms with Gasteiger partial charge in [0.05, 0.1) is 11.9 Å². The molecule has 0 amide bonds. The highest BCUT2D eigenvalue weighted by Crippen LogP contribution is 2.04. The molecule has 0 unspecified atom stereocenters. The van der Waals surface area contributed by atoms with Gasteiger partial charge in [-0.05, 0) is 5.56 Å². The van der Waals surface area contributed by atoms with Gasteiger partial charge in [0.1, 0.15) is 6.54 Å². The Balaban J connectivity index is 2.07. The fraction of sp³-hybridized carbons (Fsp3) is 0.267. The number of carbonyl (C=O) groups is 1. The molecule has 104 valence electrons. The van der Waals surface area contributed by atoms with Crippen LogP contribution in [-0.4, -0.2) is 29.7 Å². The van der Waals surface area contributed by atoms with Crippen LogP contribution < -0.4 is 10.5 Å². The van der Waals surface area contributed by atoms with E-state index in [2.05, 4.69) is 5.10 Å². The molecule has 0 saturated carbocycles. The van der Waals surface area contributed by atoms with E-state index in [-0.39, 0.29) is 17.9 Å². The third-order valence-electron chi connectivity index (χ3n) is 2.94. The van der Waals surface area contributed by atoms with Crippen LogP contribution >= 0.6 is 0 Å². The summed E-state index contributed by atoms with van der Waals surface area (Å²) in [4.78, 5) is 25.6. The molecular weight excluding hydrogens is 254 g/mol. The summed E-state index contributed by atoms with van der Waals surface area (Å²) in [6.07, 6.45) is 1.89. The van der Waals surface area contributed by atoms with E-state index in [9.17, 15) is 9.59 Å². The van der Waals surface area contributed by atoms with Crippen molar-refractivity contribution in [2.24, 2.45) is 0 Å². The van der Waals surface area contributed by atoms with Crippen molar-refractivity contribution < 1.29 is 4.79 Å². The van der Waals surface area contributed by atoms with Crippen LogP contribution in [0, 0.1) is 0 Å². The maximum absolute atomic E-state index is 11.9. The van der Waals surface area contributed by atoms with Crippen molar-refractivity contribution in [2.45, 2.75) is 13.0 Å². The maximum Gasteiger partial charge on any atom is 0.269 e. The van der Waals surface area contributed by atoms with Crippen LogP contribution in [0.2, 0.25) is 0 Å². The Morgan fingerprint density at radius 1 is 1.25 bits per heavy atom. The fourth-order valence-corrected chi connectivity index (χ4v) is 1.83. The summed E-state index contributed by atoms with van der Waals surface area (Å²) in [6.45, 7) is 0.00142. The third kappa shape index (κ3) is 3.54. The third-order valence-corrected chi connectivity index (χ3v) is 2.94. The quantitative estimate of drug-likeness (QED) is 0.818. The second kappa shape index (κ2) is 6.14. The molecule has 1 aromatic carbocycles. The van der Waals surface area contributed by atoms with Crippen LogP contribution in [0.3, 0.4) is 0 Å². The first-order valence-corrected chi connectivity index (χ1v) is 6.36. The summed E-state index contributed by atoms with van der Waals surface area (Å²) >= 11 is 0. The first-order valence-electron chi connectivity index (χ1n) is 6.36. The maximum atomic E-state index is 11.9. The molecule has 0 spiro atoms. The molecule has 0 saturated heterocycles. The molecule has 0 radical (unpaired) electrons. The SMILES string of the molecule is CN(C)c1cnn(CC(=O)Cc2ccccc2)c(=O)c1. The van der Waals surface area contributed by atoms with Crippen LogP contribution in [0.5, 0.6) is 0 Å². The van der Waals surface area contributed by atoms with Crippen molar-refractivity contribution in [3.05, 3.63) is 58.5 Å². The van der Waals surface area contributed by atoms with Gasteiger partial charge in [-0.2, -0.15) is 5.10 Å². The summed E-state index contributed by atoms with van der Waals surface area (Å²) < 4.78 is 1.19. The Kier molecular flexibility index (Phi) is 4.30. The summed E-state index contributed by atoms with van der Waals surface area (Å²) in [5.41, 5.74) is 1.40. The molecule has 2 rings (SSSR count). The Labute approximate surface area is 117 Å². The zero-order chi connectivity index (χ0) is 14.5. The molecule has 0 aliphatic heterocycles. The number of nitrogens with zero attached hydrogens (tertiary/aromatic N) is 3. The zero-order valence-corrected chi connectivity index (χ0v) is 11.6. The van der Waals surface area contributed by atoms with E-state index in [1.807, 2.05) is 44.4 Å². The minimum Gasteiger partial charge on any atom is -0.376 e. The lowest BCUT2D eigenvalue weighted by molar-refractivity contribution is -0.119. The average Bonchev–Trinajstić information content (AvgIpc) is 2.42. The lowest BCUT2D eigenvalue weighted by atomic mass is 10.1. The van der Waals surface area contributed by atoms with Gasteiger partial charge in [-0.25, -0.2) is 4.68 Å². The monoisotopic (exact) mass is 271 g/mol. The van der Waals surface area contributed by atoms with E-state index in [0.29, 0.717) is 6.42 Å². The van der Waals surface area contributed by atoms with Crippen molar-refractivity contribution in [1.82, 2.24) is 9.78 Å². The second-order valence-electron chi connectivity index (χ2n) is 4.81. The molecule has 0 atom stereocenters. The van der Waals surface area contributed by atoms with E-state index in [1.54, 1.807) is 11.1 Å². The Bertz CT molecular complexity index is 648. The molecule has 0 aliphatic carbocycles. The molecule has 5 nitrogen and oxygen atoms in total. The van der Waals surface area contributed by atoms with Gasteiger partial charge in [-0.15, -0.1) is 0 Å². The predicted octanol–water partition coefficient (Wildman–Crippen LogP) is 1.12. The van der Waals surface area contributed by atoms with Crippen molar-refractivity contribution in [2.75, 3.05) is 19.0 Å². The number of hydrogen-bond donors (Lipinski definition) is 0. The van der Waals surface area contributed by atoms with E-state index in [4.69, 9.17) is 0 Å². The topological polar surface area (TPSA) is 55.2 Å². The Morgan fingerprint density at radius 2 is 1.95 bits per heavy atom. The van der Waals surface area contributed by atoms with Gasteiger partial charge in [0.25, 0.3) is 5.56 Å². The first kappa shape index (κ1) is 14.0. The van der Waals surface area contributed by atoms with Gasteiger partial charge < -0.3 is 4.90 Å². The molecule has 5 heteroatoms. The Morgan fingerprint density at radius 3 is 2.55 bits per heavy atom. The summed E-state index contributed by atoms with van der Waals surface area (Å²) in [5, 5.41) is 4.02. The van der Waals surface area contributed by atoms with Crippen molar-refractivity contribution in [3.8, 4) is 0 Å². The van der Waals surface area contributed by atoms with Gasteiger partial charge in [0.2, 0.25) is 0 Å². The second-order valence-corrected chi connectivity index (χ2v) is 4.81. The van der Waals surface area contributed by atoms with Crippen LogP contribution in [0.4, 0.5) is 5.69 Å². The summed E-state index contributed by atoms with van der Waals surface area (Å²) in [7, 11) is 3.67. The highest BCUT2D eigenvalue weighted by molar-refractivity contribution is 5.80. The predicted molar refractivity (Wildman–Crippen MR) is 78.0 cm³/mol. The summed E-state index contributed by atoms with van der Waals surface area (Å²) in [6, 6.07) is 10.9. The van der Waals surface area contributed by atoms with Gasteiger partial charge in [0.15, 0.2) is 5.78 Å². The number of benzene rings is 1. The highest BCUT2D eigenvalue weighted by Gasteiger charge is 2.08. The van der Waals surface area contributed by atoms with Gasteiger partial charge in [-0.3, -0.25) is 9.59 Å². The number of carbonyl (C=O) groups excluding carboxylic acids is 1. The summed E-state index contributed by atoms with van der Waals surface area (Å²) in [5.74, 6) is -0.0385. The molecular formula is C15H17N3O2. The lowest BCUT2D eigenvalue weighted by Crippen LogP contribution is -2.28. The molecule has 0 fully saturated rings. The molecule has 20 heavy (non-hydrogen) atoms. The van der Waals surface area contributed by atoms with Crippen LogP contribution in [0.15, 0.2) is 47.4 Å². The van der Waals surface area contributed by atoms with Crippen molar-refractivity contribution in [3.63, 3.8) is 0 Å². The molecule has 0 aliphatic rings. The highest BCUT2D eigenvalue weighted by atomic mass is 16.1. The number of ketones is 1. The fourth-order valence-electron chi connectivity index (χ4n) is 1.83. The van der Waals surface area contributed by atoms with Gasteiger partial charge in [-0.1, -0.05) is 30.3 Å². The molecule has 0 bridgehead atoms. The van der Waals surface area contributed by atoms with Crippen LogP contribution in [0.25, 0.3) is 0 Å². The van der Waals surface area contributed by atoms with Crippen molar-refractivity contribution >= 4 is 11.5 Å². The number of Topliss-reactive ketones (excluding diaryl/α,β-unsaturated/α-hetero) is 1. The van der Waals surface area contributed by atoms with E-state index < -0.39 is 0 Å². The standard InChI is InChI=1S/C15H17N3O2/c1-17(2)13-9-15(20)18(16-10-13)11-14(19)8-12-6-4-3-5-7-12/h3-7,9-10H,8,11H2,1-2H3. The molecule has 1 aromatic heterocycles. The van der Waals surface area contributed by atoms with Crippen molar-refractivity contribution in [1.29, 1.82) is 0 Å². The number of hydrogen-bond acceptors (Lipinski definition) is 4.